The number of ether oxygens (including phenoxy) is 1. The van der Waals surface area contributed by atoms with Crippen LogP contribution in [0.15, 0.2) is 136 Å². The normalized spacial score (nSPS) is 11.7. The molecule has 0 spiro atoms. The van der Waals surface area contributed by atoms with E-state index in [0.29, 0.717) is 0 Å². The molecular weight excluding hydrogens is 1920 g/mol. The maximum absolute atomic E-state index is 15.4. The Hall–Kier alpha value is -11.9. The summed E-state index contributed by atoms with van der Waals surface area (Å²) in [6.45, 7) is 4.27. The highest BCUT2D eigenvalue weighted by Crippen LogP contribution is 2.38. The fourth-order valence-corrected chi connectivity index (χ4v) is 16.5. The molecule has 0 aromatic heterocycles. The molecule has 0 heterocycles. The summed E-state index contributed by atoms with van der Waals surface area (Å²) in [5.74, 6) is -141. The van der Waals surface area contributed by atoms with Gasteiger partial charge >= 0.3 is 0 Å². The zero-order chi connectivity index (χ0) is 92.9. The van der Waals surface area contributed by atoms with Crippen molar-refractivity contribution in [2.75, 3.05) is 0 Å². The van der Waals surface area contributed by atoms with E-state index in [4.69, 9.17) is 4.74 Å². The van der Waals surface area contributed by atoms with Gasteiger partial charge < -0.3 is 4.74 Å². The van der Waals surface area contributed by atoms with Crippen LogP contribution in [0.2, 0.25) is 0 Å². The number of hydrogen-bond donors (Lipinski definition) is 0. The van der Waals surface area contributed by atoms with Crippen LogP contribution < -0.4 is 71.0 Å². The Morgan fingerprint density at radius 3 is 0.520 bits per heavy atom. The number of aryl methyl sites for hydroxylation is 2. The summed E-state index contributed by atoms with van der Waals surface area (Å²) in [5.41, 5.74) is -23.6. The van der Waals surface area contributed by atoms with Crippen molar-refractivity contribution in [1.82, 2.24) is 0 Å². The first-order valence-corrected chi connectivity index (χ1v) is 35.8. The van der Waals surface area contributed by atoms with Gasteiger partial charge in [0.05, 0.1) is 10.9 Å². The average molecular weight is 1940 g/mol. The minimum absolute atomic E-state index is 0.168. The van der Waals surface area contributed by atoms with Gasteiger partial charge in [-0.1, -0.05) is 59.7 Å². The Balaban J connectivity index is 0.000000184. The van der Waals surface area contributed by atoms with E-state index in [1.165, 1.54) is 40.5 Å². The molecule has 0 bridgehead atoms. The van der Waals surface area contributed by atoms with Crippen LogP contribution in [-0.2, 0) is 10.9 Å². The van der Waals surface area contributed by atoms with Gasteiger partial charge in [0.2, 0.25) is 0 Å². The van der Waals surface area contributed by atoms with Crippen LogP contribution in [0.25, 0.3) is 11.1 Å². The largest absolute Gasteiger partial charge is 0.457 e. The van der Waals surface area contributed by atoms with Crippen molar-refractivity contribution in [3.63, 3.8) is 0 Å². The third-order valence-corrected chi connectivity index (χ3v) is 22.5. The zero-order valence-electron chi connectivity index (χ0n) is 60.0. The molecule has 13 aromatic carbocycles. The summed E-state index contributed by atoms with van der Waals surface area (Å²) in [5, 5.41) is 0. The molecule has 0 atom stereocenters. The monoisotopic (exact) mass is 1940 g/mol. The minimum Gasteiger partial charge on any atom is -0.457 e. The SMILES string of the molecule is Cc1ccc([S+](c2ccc(C)cc2)c2ccc(Oc3ccc(-c4ccccc4[IH+])cc3)cc2)cc1.Fc1c(F)c(F)c([B-](c2c(F)c(F)c(F)c(F)c2F)(c2c(F)c(F)c(F)c(F)c2F)c2c(F)c(F)c(F)c(F)c2F)c(F)c1F.Fc1c(F)c(F)c([B-](c2c(F)c(F)c(F)c(F)c2F)(c2c(F)c(F)c(F)c(F)c2F)c2c(F)c(F)c(F)c(F)c2F)c(F)c1F. The Bertz CT molecular complexity index is 5490. The van der Waals surface area contributed by atoms with Gasteiger partial charge in [0.1, 0.15) is 117 Å². The lowest BCUT2D eigenvalue weighted by atomic mass is 9.12. The maximum atomic E-state index is 15.4. The van der Waals surface area contributed by atoms with E-state index in [0.717, 1.165) is 11.5 Å². The number of rotatable bonds is 14. The van der Waals surface area contributed by atoms with E-state index in [2.05, 4.69) is 146 Å². The lowest BCUT2D eigenvalue weighted by Gasteiger charge is -2.44. The summed E-state index contributed by atoms with van der Waals surface area (Å²) >= 11 is 2.06. The van der Waals surface area contributed by atoms with Crippen LogP contribution in [0, 0.1) is 250 Å². The predicted octanol–water partition coefficient (Wildman–Crippen LogP) is 17.0. The van der Waals surface area contributed by atoms with Gasteiger partial charge in [-0.2, -0.15) is 0 Å². The predicted molar refractivity (Wildman–Crippen MR) is 361 cm³/mol. The molecule has 0 amide bonds. The van der Waals surface area contributed by atoms with Gasteiger partial charge in [-0.15, -0.1) is 43.7 Å². The Morgan fingerprint density at radius 2 is 0.344 bits per heavy atom. The molecule has 652 valence electrons. The Morgan fingerprint density at radius 1 is 0.192 bits per heavy atom. The van der Waals surface area contributed by atoms with Crippen LogP contribution in [0.1, 0.15) is 11.1 Å². The summed E-state index contributed by atoms with van der Waals surface area (Å²) in [6.07, 6.45) is -14.4. The smallest absolute Gasteiger partial charge is 0.297 e. The highest BCUT2D eigenvalue weighted by atomic mass is 127. The summed E-state index contributed by atoms with van der Waals surface area (Å²) in [7, 11) is -0.168. The van der Waals surface area contributed by atoms with Gasteiger partial charge in [0.25, 0.3) is 22.6 Å². The van der Waals surface area contributed by atoms with Crippen LogP contribution >= 0.6 is 0 Å². The minimum atomic E-state index is -7.22. The molecule has 1 nitrogen and oxygen atoms in total. The third-order valence-electron chi connectivity index (χ3n) is 19.3. The zero-order valence-corrected chi connectivity index (χ0v) is 63.2. The van der Waals surface area contributed by atoms with Crippen molar-refractivity contribution in [3.05, 3.63) is 369 Å². The number of benzene rings is 13. The van der Waals surface area contributed by atoms with Crippen molar-refractivity contribution in [1.29, 1.82) is 0 Å². The lowest BCUT2D eigenvalue weighted by molar-refractivity contribution is -0.326. The Kier molecular flexibility index (Phi) is 26.4. The third kappa shape index (κ3) is 15.2. The van der Waals surface area contributed by atoms with Gasteiger partial charge in [-0.3, -0.25) is 0 Å². The van der Waals surface area contributed by atoms with Crippen molar-refractivity contribution in [2.24, 2.45) is 0 Å². The van der Waals surface area contributed by atoms with Crippen LogP contribution in [0.5, 0.6) is 11.5 Å². The number of halogens is 41. The fraction of sp³-hybridized carbons (Fsp3) is 0.0250. The first-order valence-electron chi connectivity index (χ1n) is 33.5. The second-order valence-electron chi connectivity index (χ2n) is 26.1. The highest BCUT2D eigenvalue weighted by molar-refractivity contribution is 7.97. The van der Waals surface area contributed by atoms with E-state index >= 15 is 70.2 Å². The second-order valence-corrected chi connectivity index (χ2v) is 29.4. The van der Waals surface area contributed by atoms with Crippen molar-refractivity contribution in [3.8, 4) is 22.6 Å². The van der Waals surface area contributed by atoms with Crippen LogP contribution in [0.4, 0.5) is 176 Å². The molecule has 45 heteroatoms. The average Bonchev–Trinajstić information content (AvgIpc) is 0.684. The molecule has 0 radical (unpaired) electrons. The van der Waals surface area contributed by atoms with E-state index in [1.54, 1.807) is 0 Å². The second kappa shape index (κ2) is 35.2. The summed E-state index contributed by atoms with van der Waals surface area (Å²) in [4.78, 5) is 3.92. The van der Waals surface area contributed by atoms with E-state index < -0.39 is 289 Å². The van der Waals surface area contributed by atoms with Crippen molar-refractivity contribution in [2.45, 2.75) is 28.5 Å². The molecule has 0 aliphatic rings. The van der Waals surface area contributed by atoms with E-state index in [-0.39, 0.29) is 10.9 Å². The molecule has 0 fully saturated rings. The van der Waals surface area contributed by atoms with Gasteiger partial charge in [-0.25, -0.2) is 176 Å². The Labute approximate surface area is 686 Å². The number of hydrogen-bond acceptors (Lipinski definition) is 1. The summed E-state index contributed by atoms with van der Waals surface area (Å²) in [6, 6.07) is 43.1. The van der Waals surface area contributed by atoms with Crippen molar-refractivity contribution >= 4 is 66.9 Å². The molecule has 0 aliphatic carbocycles. The van der Waals surface area contributed by atoms with Gasteiger partial charge in [-0.05, 0) is 92.2 Å². The molecule has 0 saturated carbocycles. The fourth-order valence-electron chi connectivity index (χ4n) is 13.7. The van der Waals surface area contributed by atoms with Gasteiger partial charge in [0.15, 0.2) is 158 Å². The molecule has 0 N–H and O–H groups in total. The quantitative estimate of drug-likeness (QED) is 0.0263. The lowest BCUT2D eigenvalue weighted by Crippen LogP contribution is -3.34. The first-order chi connectivity index (χ1) is 58.5. The van der Waals surface area contributed by atoms with Crippen molar-refractivity contribution < 1.29 is 203 Å². The molecule has 0 saturated heterocycles. The molecule has 0 aliphatic heterocycles. The van der Waals surface area contributed by atoms with Gasteiger partial charge in [0, 0.05) is 5.56 Å². The summed E-state index contributed by atoms with van der Waals surface area (Å²) < 4.78 is 595. The molecule has 13 rings (SSSR count). The van der Waals surface area contributed by atoms with E-state index in [1.807, 2.05) is 12.1 Å². The molecular formula is C80H27B2F40IOS. The molecule has 0 unspecified atom stereocenters. The van der Waals surface area contributed by atoms with Crippen LogP contribution in [-0.4, -0.2) is 12.3 Å². The molecule has 13 aromatic rings. The van der Waals surface area contributed by atoms with E-state index in [9.17, 15) is 105 Å². The maximum Gasteiger partial charge on any atom is 0.297 e. The van der Waals surface area contributed by atoms with Crippen LogP contribution in [0.3, 0.4) is 0 Å². The standard InChI is InChI=1S/C32H27IOS.2C24BF20/c1-23-7-17-28(18-8-23)35(29-19-9-24(2)10-20-29)30-21-15-27(16-22-30)34-26-13-11-25(12-14-26)31-5-3-4-6-32(31)33;2*26-5-1(6(27)14(35)21(42)13(5)34)25(2-7(28)15(36)22(43)16(37)8(2)29,3-9(30)17(38)23(44)18(39)10(3)31)4-11(32)19(40)24(45)20(41)12(4)33/h3-22,33H,1-2H3;;/q+2;2*-1. The first kappa shape index (κ1) is 93.8. The highest BCUT2D eigenvalue weighted by Gasteiger charge is 2.55. The molecule has 125 heavy (non-hydrogen) atoms. The topological polar surface area (TPSA) is 9.23 Å².